The summed E-state index contributed by atoms with van der Waals surface area (Å²) in [5.74, 6) is -0.120. The van der Waals surface area contributed by atoms with Crippen LogP contribution in [0.25, 0.3) is 10.9 Å². The molecule has 0 saturated carbocycles. The molecule has 0 radical (unpaired) electrons. The van der Waals surface area contributed by atoms with E-state index in [2.05, 4.69) is 10.3 Å². The second kappa shape index (κ2) is 8.67. The number of hydrogen-bond donors (Lipinski definition) is 1. The number of pyridine rings is 1. The van der Waals surface area contributed by atoms with E-state index in [0.29, 0.717) is 28.1 Å². The number of esters is 1. The Kier molecular flexibility index (Phi) is 5.62. The average molecular weight is 412 g/mol. The van der Waals surface area contributed by atoms with Crippen molar-refractivity contribution in [1.82, 2.24) is 4.98 Å². The van der Waals surface area contributed by atoms with Gasteiger partial charge in [0.15, 0.2) is 0 Å². The van der Waals surface area contributed by atoms with Crippen molar-refractivity contribution in [2.45, 2.75) is 6.92 Å². The molecule has 3 aromatic carbocycles. The molecule has 0 fully saturated rings. The van der Waals surface area contributed by atoms with Gasteiger partial charge in [0.05, 0.1) is 29.4 Å². The second-order valence-electron chi connectivity index (χ2n) is 6.90. The average Bonchev–Trinajstić information content (AvgIpc) is 2.79. The molecule has 1 heterocycles. The molecule has 0 saturated heterocycles. The molecule has 1 amide bonds. The SMILES string of the molecule is COc1ccc(C(=O)Oc2cccc(C)c2C(=O)Nc2cccc3cccnc23)cc1. The number of methoxy groups -OCH3 is 1. The number of rotatable bonds is 5. The number of aryl methyl sites for hydroxylation is 1. The van der Waals surface area contributed by atoms with Crippen LogP contribution in [0.5, 0.6) is 11.5 Å². The van der Waals surface area contributed by atoms with Crippen LogP contribution in [-0.2, 0) is 0 Å². The summed E-state index contributed by atoms with van der Waals surface area (Å²) in [6.45, 7) is 1.79. The molecule has 31 heavy (non-hydrogen) atoms. The topological polar surface area (TPSA) is 77.5 Å². The van der Waals surface area contributed by atoms with Crippen LogP contribution in [-0.4, -0.2) is 24.0 Å². The maximum absolute atomic E-state index is 13.2. The van der Waals surface area contributed by atoms with Gasteiger partial charge >= 0.3 is 5.97 Å². The Morgan fingerprint density at radius 2 is 1.65 bits per heavy atom. The van der Waals surface area contributed by atoms with Crippen LogP contribution in [0.3, 0.4) is 0 Å². The van der Waals surface area contributed by atoms with Gasteiger partial charge in [-0.1, -0.05) is 30.3 Å². The number of aromatic nitrogens is 1. The number of amides is 1. The van der Waals surface area contributed by atoms with Gasteiger partial charge in [-0.05, 0) is 55.0 Å². The van der Waals surface area contributed by atoms with Gasteiger partial charge in [-0.3, -0.25) is 9.78 Å². The van der Waals surface area contributed by atoms with E-state index in [-0.39, 0.29) is 17.2 Å². The lowest BCUT2D eigenvalue weighted by atomic mass is 10.1. The molecule has 1 N–H and O–H groups in total. The molecule has 0 aliphatic rings. The largest absolute Gasteiger partial charge is 0.497 e. The minimum Gasteiger partial charge on any atom is -0.497 e. The first-order valence-corrected chi connectivity index (χ1v) is 9.68. The summed E-state index contributed by atoms with van der Waals surface area (Å²) in [7, 11) is 1.55. The number of nitrogens with one attached hydrogen (secondary N) is 1. The van der Waals surface area contributed by atoms with Crippen LogP contribution in [0.15, 0.2) is 79.0 Å². The number of benzene rings is 3. The minimum absolute atomic E-state index is 0.187. The van der Waals surface area contributed by atoms with Crippen LogP contribution in [0.4, 0.5) is 5.69 Å². The third-order valence-corrected chi connectivity index (χ3v) is 4.87. The van der Waals surface area contributed by atoms with Gasteiger partial charge < -0.3 is 14.8 Å². The van der Waals surface area contributed by atoms with E-state index in [1.807, 2.05) is 24.3 Å². The summed E-state index contributed by atoms with van der Waals surface area (Å²) in [4.78, 5) is 30.1. The summed E-state index contributed by atoms with van der Waals surface area (Å²) >= 11 is 0. The lowest BCUT2D eigenvalue weighted by molar-refractivity contribution is 0.0733. The molecule has 6 heteroatoms. The smallest absolute Gasteiger partial charge is 0.343 e. The summed E-state index contributed by atoms with van der Waals surface area (Å²) < 4.78 is 10.7. The van der Waals surface area contributed by atoms with E-state index in [0.717, 1.165) is 5.39 Å². The highest BCUT2D eigenvalue weighted by atomic mass is 16.5. The van der Waals surface area contributed by atoms with E-state index in [1.165, 1.54) is 0 Å². The Bertz CT molecular complexity index is 1260. The Morgan fingerprint density at radius 3 is 2.42 bits per heavy atom. The predicted octanol–water partition coefficient (Wildman–Crippen LogP) is 5.02. The molecular formula is C25H20N2O4. The fourth-order valence-electron chi connectivity index (χ4n) is 3.29. The van der Waals surface area contributed by atoms with Crippen molar-refractivity contribution in [3.63, 3.8) is 0 Å². The third kappa shape index (κ3) is 4.23. The van der Waals surface area contributed by atoms with Crippen molar-refractivity contribution in [2.24, 2.45) is 0 Å². The van der Waals surface area contributed by atoms with Gasteiger partial charge in [0, 0.05) is 11.6 Å². The maximum Gasteiger partial charge on any atom is 0.343 e. The minimum atomic E-state index is -0.561. The number of fused-ring (bicyclic) bond motifs is 1. The molecule has 6 nitrogen and oxygen atoms in total. The molecule has 0 aliphatic heterocycles. The Balaban J connectivity index is 1.62. The van der Waals surface area contributed by atoms with E-state index < -0.39 is 5.97 Å². The van der Waals surface area contributed by atoms with Crippen molar-refractivity contribution in [3.8, 4) is 11.5 Å². The first kappa shape index (κ1) is 20.1. The molecule has 154 valence electrons. The van der Waals surface area contributed by atoms with Crippen LogP contribution < -0.4 is 14.8 Å². The van der Waals surface area contributed by atoms with Crippen LogP contribution in [0, 0.1) is 6.92 Å². The molecule has 4 aromatic rings. The molecule has 0 atom stereocenters. The summed E-state index contributed by atoms with van der Waals surface area (Å²) in [5, 5.41) is 3.81. The van der Waals surface area contributed by atoms with Gasteiger partial charge in [-0.25, -0.2) is 4.79 Å². The molecular weight excluding hydrogens is 392 g/mol. The van der Waals surface area contributed by atoms with Gasteiger partial charge in [0.25, 0.3) is 5.91 Å². The number of ether oxygens (including phenoxy) is 2. The standard InChI is InChI=1S/C25H20N2O4/c1-16-6-3-10-21(31-25(29)18-11-13-19(30-2)14-12-18)22(16)24(28)27-20-9-4-7-17-8-5-15-26-23(17)20/h3-15H,1-2H3,(H,27,28). The van der Waals surface area contributed by atoms with E-state index >= 15 is 0 Å². The third-order valence-electron chi connectivity index (χ3n) is 4.87. The first-order valence-electron chi connectivity index (χ1n) is 9.68. The molecule has 0 bridgehead atoms. The van der Waals surface area contributed by atoms with Crippen LogP contribution in [0.2, 0.25) is 0 Å². The predicted molar refractivity (Wildman–Crippen MR) is 119 cm³/mol. The van der Waals surface area contributed by atoms with E-state index in [1.54, 1.807) is 68.8 Å². The van der Waals surface area contributed by atoms with Gasteiger partial charge in [0.2, 0.25) is 0 Å². The van der Waals surface area contributed by atoms with E-state index in [4.69, 9.17) is 9.47 Å². The van der Waals surface area contributed by atoms with Gasteiger partial charge in [-0.2, -0.15) is 0 Å². The number of nitrogens with zero attached hydrogens (tertiary/aromatic N) is 1. The molecule has 1 aromatic heterocycles. The summed E-state index contributed by atoms with van der Waals surface area (Å²) in [6, 6.07) is 21.0. The lowest BCUT2D eigenvalue weighted by Gasteiger charge is -2.14. The zero-order valence-electron chi connectivity index (χ0n) is 17.1. The van der Waals surface area contributed by atoms with Crippen molar-refractivity contribution in [1.29, 1.82) is 0 Å². The number of anilines is 1. The Labute approximate surface area is 179 Å². The maximum atomic E-state index is 13.2. The number of hydrogen-bond acceptors (Lipinski definition) is 5. The van der Waals surface area contributed by atoms with Crippen molar-refractivity contribution < 1.29 is 19.1 Å². The molecule has 0 unspecified atom stereocenters. The van der Waals surface area contributed by atoms with Crippen molar-refractivity contribution in [2.75, 3.05) is 12.4 Å². The lowest BCUT2D eigenvalue weighted by Crippen LogP contribution is -2.17. The first-order chi connectivity index (χ1) is 15.1. The number of carbonyl (C=O) groups excluding carboxylic acids is 2. The Hall–Kier alpha value is -4.19. The zero-order chi connectivity index (χ0) is 21.8. The fraction of sp³-hybridized carbons (Fsp3) is 0.0800. The fourth-order valence-corrected chi connectivity index (χ4v) is 3.29. The second-order valence-corrected chi connectivity index (χ2v) is 6.90. The zero-order valence-corrected chi connectivity index (χ0v) is 17.1. The molecule has 0 aliphatic carbocycles. The van der Waals surface area contributed by atoms with Crippen LogP contribution in [0.1, 0.15) is 26.3 Å². The number of para-hydroxylation sites is 1. The highest BCUT2D eigenvalue weighted by molar-refractivity contribution is 6.11. The quantitative estimate of drug-likeness (QED) is 0.368. The summed E-state index contributed by atoms with van der Waals surface area (Å²) in [6.07, 6.45) is 1.67. The highest BCUT2D eigenvalue weighted by Gasteiger charge is 2.20. The van der Waals surface area contributed by atoms with E-state index in [9.17, 15) is 9.59 Å². The highest BCUT2D eigenvalue weighted by Crippen LogP contribution is 2.27. The number of carbonyl (C=O) groups is 2. The monoisotopic (exact) mass is 412 g/mol. The Morgan fingerprint density at radius 1 is 0.903 bits per heavy atom. The normalized spacial score (nSPS) is 10.5. The van der Waals surface area contributed by atoms with Gasteiger partial charge in [-0.15, -0.1) is 0 Å². The van der Waals surface area contributed by atoms with Crippen LogP contribution >= 0.6 is 0 Å². The molecule has 4 rings (SSSR count). The van der Waals surface area contributed by atoms with Crippen molar-refractivity contribution in [3.05, 3.63) is 95.7 Å². The van der Waals surface area contributed by atoms with Crippen molar-refractivity contribution >= 4 is 28.5 Å². The molecule has 0 spiro atoms. The summed E-state index contributed by atoms with van der Waals surface area (Å²) in [5.41, 5.74) is 2.59. The van der Waals surface area contributed by atoms with Gasteiger partial charge in [0.1, 0.15) is 11.5 Å².